The third kappa shape index (κ3) is 4.66. The fourth-order valence-corrected chi connectivity index (χ4v) is 4.97. The molecule has 1 saturated heterocycles. The number of fused-ring (bicyclic) bond motifs is 1. The van der Waals surface area contributed by atoms with E-state index in [1.165, 1.54) is 5.56 Å². The second-order valence-corrected chi connectivity index (χ2v) is 9.03. The van der Waals surface area contributed by atoms with Crippen molar-refractivity contribution in [3.63, 3.8) is 0 Å². The largest absolute Gasteiger partial charge is 0.490 e. The minimum absolute atomic E-state index is 0.0481. The summed E-state index contributed by atoms with van der Waals surface area (Å²) in [5.74, 6) is 1.10. The summed E-state index contributed by atoms with van der Waals surface area (Å²) in [6.45, 7) is 3.78. The van der Waals surface area contributed by atoms with Crippen molar-refractivity contribution in [2.24, 2.45) is 0 Å². The summed E-state index contributed by atoms with van der Waals surface area (Å²) in [5, 5.41) is 0. The fraction of sp³-hybridized carbons (Fsp3) is 0.429. The SMILES string of the molecule is O=S(=O)(NC1CCN(Cc2ccccc2)CC1)c1ccc2c(c1)OCCCO2. The van der Waals surface area contributed by atoms with Crippen LogP contribution in [0.1, 0.15) is 24.8 Å². The van der Waals surface area contributed by atoms with Crippen LogP contribution in [0.2, 0.25) is 0 Å². The molecule has 2 aliphatic heterocycles. The zero-order valence-corrected chi connectivity index (χ0v) is 16.7. The van der Waals surface area contributed by atoms with Gasteiger partial charge in [-0.1, -0.05) is 30.3 Å². The Morgan fingerprint density at radius 1 is 0.964 bits per heavy atom. The quantitative estimate of drug-likeness (QED) is 0.833. The van der Waals surface area contributed by atoms with Crippen LogP contribution >= 0.6 is 0 Å². The summed E-state index contributed by atoms with van der Waals surface area (Å²) in [4.78, 5) is 2.59. The van der Waals surface area contributed by atoms with Gasteiger partial charge in [0.15, 0.2) is 11.5 Å². The van der Waals surface area contributed by atoms with E-state index in [1.807, 2.05) is 18.2 Å². The van der Waals surface area contributed by atoms with Crippen molar-refractivity contribution in [1.82, 2.24) is 9.62 Å². The van der Waals surface area contributed by atoms with Gasteiger partial charge < -0.3 is 9.47 Å². The second kappa shape index (κ2) is 8.51. The number of nitrogens with zero attached hydrogens (tertiary/aromatic N) is 1. The molecule has 6 nitrogen and oxygen atoms in total. The van der Waals surface area contributed by atoms with E-state index >= 15 is 0 Å². The van der Waals surface area contributed by atoms with Crippen LogP contribution in [-0.2, 0) is 16.6 Å². The van der Waals surface area contributed by atoms with Gasteiger partial charge in [0.25, 0.3) is 0 Å². The molecule has 150 valence electrons. The van der Waals surface area contributed by atoms with Crippen molar-refractivity contribution in [2.75, 3.05) is 26.3 Å². The van der Waals surface area contributed by atoms with Crippen LogP contribution in [0.4, 0.5) is 0 Å². The Morgan fingerprint density at radius 3 is 2.43 bits per heavy atom. The van der Waals surface area contributed by atoms with Crippen molar-refractivity contribution in [2.45, 2.75) is 36.7 Å². The molecule has 28 heavy (non-hydrogen) atoms. The van der Waals surface area contributed by atoms with Crippen molar-refractivity contribution >= 4 is 10.0 Å². The zero-order valence-electron chi connectivity index (χ0n) is 15.8. The smallest absolute Gasteiger partial charge is 0.240 e. The Kier molecular flexibility index (Phi) is 5.85. The van der Waals surface area contributed by atoms with Gasteiger partial charge >= 0.3 is 0 Å². The molecule has 2 heterocycles. The highest BCUT2D eigenvalue weighted by atomic mass is 32.2. The predicted octanol–water partition coefficient (Wildman–Crippen LogP) is 2.79. The molecular formula is C21H26N2O4S. The number of ether oxygens (including phenoxy) is 2. The van der Waals surface area contributed by atoms with Crippen molar-refractivity contribution in [1.29, 1.82) is 0 Å². The van der Waals surface area contributed by atoms with Gasteiger partial charge in [-0.15, -0.1) is 0 Å². The Labute approximate surface area is 166 Å². The van der Waals surface area contributed by atoms with Crippen molar-refractivity contribution in [3.05, 3.63) is 54.1 Å². The van der Waals surface area contributed by atoms with Crippen LogP contribution in [0.5, 0.6) is 11.5 Å². The number of rotatable bonds is 5. The molecule has 0 amide bonds. The van der Waals surface area contributed by atoms with E-state index in [9.17, 15) is 8.42 Å². The standard InChI is InChI=1S/C21H26N2O4S/c24-28(25,19-7-8-20-21(15-19)27-14-4-13-26-20)22-18-9-11-23(12-10-18)16-17-5-2-1-3-6-17/h1-3,5-8,15,18,22H,4,9-14,16H2. The Bertz CT molecular complexity index is 894. The Morgan fingerprint density at radius 2 is 1.68 bits per heavy atom. The average Bonchev–Trinajstić information content (AvgIpc) is 2.95. The third-order valence-corrected chi connectivity index (χ3v) is 6.71. The highest BCUT2D eigenvalue weighted by Crippen LogP contribution is 2.32. The lowest BCUT2D eigenvalue weighted by Gasteiger charge is -2.32. The molecule has 0 bridgehead atoms. The minimum atomic E-state index is -3.59. The van der Waals surface area contributed by atoms with Gasteiger partial charge in [-0.3, -0.25) is 4.90 Å². The highest BCUT2D eigenvalue weighted by Gasteiger charge is 2.26. The summed E-state index contributed by atoms with van der Waals surface area (Å²) < 4.78 is 39.7. The van der Waals surface area contributed by atoms with E-state index in [-0.39, 0.29) is 10.9 Å². The number of piperidine rings is 1. The lowest BCUT2D eigenvalue weighted by Crippen LogP contribution is -2.44. The van der Waals surface area contributed by atoms with Crippen LogP contribution in [-0.4, -0.2) is 45.7 Å². The van der Waals surface area contributed by atoms with Crippen molar-refractivity contribution < 1.29 is 17.9 Å². The number of benzene rings is 2. The molecule has 1 N–H and O–H groups in total. The molecule has 0 aromatic heterocycles. The first-order valence-corrected chi connectivity index (χ1v) is 11.3. The first-order valence-electron chi connectivity index (χ1n) is 9.78. The maximum absolute atomic E-state index is 12.8. The number of hydrogen-bond donors (Lipinski definition) is 1. The molecule has 0 aliphatic carbocycles. The van der Waals surface area contributed by atoms with Gasteiger partial charge in [0.05, 0.1) is 18.1 Å². The van der Waals surface area contributed by atoms with Gasteiger partial charge in [0, 0.05) is 38.2 Å². The van der Waals surface area contributed by atoms with E-state index in [4.69, 9.17) is 9.47 Å². The fourth-order valence-electron chi connectivity index (χ4n) is 3.65. The number of nitrogens with one attached hydrogen (secondary N) is 1. The molecule has 4 rings (SSSR count). The van der Waals surface area contributed by atoms with Crippen LogP contribution in [0, 0.1) is 0 Å². The first kappa shape index (κ1) is 19.2. The molecule has 0 atom stereocenters. The van der Waals surface area contributed by atoms with Crippen LogP contribution < -0.4 is 14.2 Å². The monoisotopic (exact) mass is 402 g/mol. The molecule has 0 spiro atoms. The number of sulfonamides is 1. The van der Waals surface area contributed by atoms with Crippen LogP contribution in [0.3, 0.4) is 0 Å². The first-order chi connectivity index (χ1) is 13.6. The van der Waals surface area contributed by atoms with Crippen LogP contribution in [0.15, 0.2) is 53.4 Å². The maximum Gasteiger partial charge on any atom is 0.240 e. The summed E-state index contributed by atoms with van der Waals surface area (Å²) in [5.41, 5.74) is 1.29. The van der Waals surface area contributed by atoms with Gasteiger partial charge in [-0.25, -0.2) is 13.1 Å². The van der Waals surface area contributed by atoms with Gasteiger partial charge in [-0.2, -0.15) is 0 Å². The Balaban J connectivity index is 1.36. The molecule has 1 fully saturated rings. The summed E-state index contributed by atoms with van der Waals surface area (Å²) in [6, 6.07) is 15.1. The lowest BCUT2D eigenvalue weighted by atomic mass is 10.1. The molecule has 2 aliphatic rings. The van der Waals surface area contributed by atoms with E-state index in [1.54, 1.807) is 18.2 Å². The van der Waals surface area contributed by atoms with Crippen LogP contribution in [0.25, 0.3) is 0 Å². The molecule has 2 aromatic carbocycles. The molecule has 0 unspecified atom stereocenters. The van der Waals surface area contributed by atoms with E-state index < -0.39 is 10.0 Å². The van der Waals surface area contributed by atoms with Gasteiger partial charge in [0.1, 0.15) is 0 Å². The average molecular weight is 403 g/mol. The normalized spacial score (nSPS) is 18.6. The van der Waals surface area contributed by atoms with Gasteiger partial charge in [-0.05, 0) is 30.5 Å². The molecule has 0 radical (unpaired) electrons. The highest BCUT2D eigenvalue weighted by molar-refractivity contribution is 7.89. The molecule has 2 aromatic rings. The summed E-state index contributed by atoms with van der Waals surface area (Å²) >= 11 is 0. The zero-order chi connectivity index (χ0) is 19.4. The Hall–Kier alpha value is -2.09. The molecular weight excluding hydrogens is 376 g/mol. The molecule has 7 heteroatoms. The van der Waals surface area contributed by atoms with Gasteiger partial charge in [0.2, 0.25) is 10.0 Å². The number of likely N-dealkylation sites (tertiary alicyclic amines) is 1. The molecule has 0 saturated carbocycles. The topological polar surface area (TPSA) is 67.9 Å². The minimum Gasteiger partial charge on any atom is -0.490 e. The van der Waals surface area contributed by atoms with E-state index in [2.05, 4.69) is 21.8 Å². The number of hydrogen-bond acceptors (Lipinski definition) is 5. The van der Waals surface area contributed by atoms with E-state index in [0.29, 0.717) is 24.7 Å². The summed E-state index contributed by atoms with van der Waals surface area (Å²) in [7, 11) is -3.59. The van der Waals surface area contributed by atoms with E-state index in [0.717, 1.165) is 38.9 Å². The lowest BCUT2D eigenvalue weighted by molar-refractivity contribution is 0.200. The maximum atomic E-state index is 12.8. The third-order valence-electron chi connectivity index (χ3n) is 5.19. The van der Waals surface area contributed by atoms with Crippen molar-refractivity contribution in [3.8, 4) is 11.5 Å². The second-order valence-electron chi connectivity index (χ2n) is 7.32. The predicted molar refractivity (Wildman–Crippen MR) is 107 cm³/mol. The summed E-state index contributed by atoms with van der Waals surface area (Å²) in [6.07, 6.45) is 2.39.